The zero-order chi connectivity index (χ0) is 45.1. The molecule has 0 aromatic rings. The third kappa shape index (κ3) is 34.9. The number of carbonyl (C=O) groups is 4. The number of nitrogens with one attached hydrogen (secondary N) is 4. The minimum absolute atomic E-state index is 0.187. The minimum Gasteiger partial charge on any atom is -0.311 e. The lowest BCUT2D eigenvalue weighted by molar-refractivity contribution is -0.223. The molecule has 0 saturated carbocycles. The van der Waals surface area contributed by atoms with Crippen LogP contribution in [-0.4, -0.2) is 35.3 Å². The van der Waals surface area contributed by atoms with Gasteiger partial charge in [-0.3, -0.25) is 23.9 Å². The van der Waals surface area contributed by atoms with Crippen molar-refractivity contribution < 1.29 is 23.9 Å². The standard InChI is InChI=1S/C52H102N4O5/c1-7-13-19-23-27-31-35-41-47(57)53-51(45-39-17-11-5,54-48(58)42-36-32-28-24-20-14-8-2)61-52(46-40-18-12-6,55-49(59)43-37-33-29-25-21-15-9-3)56-50(60)44-38-34-30-26-22-16-10-4/h7-46H2,1-6H3,(H,53,57)(H,54,58)(H,55,59)(H,56,60). The van der Waals surface area contributed by atoms with Gasteiger partial charge in [-0.25, -0.2) is 0 Å². The first-order chi connectivity index (χ1) is 29.6. The van der Waals surface area contributed by atoms with Crippen molar-refractivity contribution in [1.29, 1.82) is 0 Å². The lowest BCUT2D eigenvalue weighted by Gasteiger charge is -2.45. The summed E-state index contributed by atoms with van der Waals surface area (Å²) in [4.78, 5) is 56.0. The molecule has 0 aliphatic carbocycles. The molecule has 0 bridgehead atoms. The highest BCUT2D eigenvalue weighted by Crippen LogP contribution is 2.27. The van der Waals surface area contributed by atoms with E-state index in [4.69, 9.17) is 4.74 Å². The second-order valence-electron chi connectivity index (χ2n) is 18.3. The third-order valence-corrected chi connectivity index (χ3v) is 12.0. The Labute approximate surface area is 377 Å². The van der Waals surface area contributed by atoms with Crippen LogP contribution in [0.1, 0.15) is 298 Å². The zero-order valence-electron chi connectivity index (χ0n) is 41.3. The molecule has 0 radical (unpaired) electrons. The van der Waals surface area contributed by atoms with Crippen LogP contribution < -0.4 is 21.3 Å². The Bertz CT molecular complexity index is 909. The summed E-state index contributed by atoms with van der Waals surface area (Å²) in [5.74, 6) is -3.98. The molecule has 9 nitrogen and oxygen atoms in total. The topological polar surface area (TPSA) is 126 Å². The fraction of sp³-hybridized carbons (Fsp3) is 0.923. The number of rotatable bonds is 46. The molecule has 0 atom stereocenters. The Morgan fingerprint density at radius 2 is 0.459 bits per heavy atom. The summed E-state index contributed by atoms with van der Waals surface area (Å²) in [5, 5.41) is 12.8. The van der Waals surface area contributed by atoms with E-state index in [0.717, 1.165) is 103 Å². The van der Waals surface area contributed by atoms with E-state index < -0.39 is 11.7 Å². The minimum atomic E-state index is -1.61. The summed E-state index contributed by atoms with van der Waals surface area (Å²) < 4.78 is 7.16. The van der Waals surface area contributed by atoms with Crippen LogP contribution in [0.25, 0.3) is 0 Å². The lowest BCUT2D eigenvalue weighted by Crippen LogP contribution is -2.72. The van der Waals surface area contributed by atoms with Gasteiger partial charge >= 0.3 is 0 Å². The van der Waals surface area contributed by atoms with Crippen LogP contribution in [0.2, 0.25) is 0 Å². The van der Waals surface area contributed by atoms with E-state index in [9.17, 15) is 19.2 Å². The van der Waals surface area contributed by atoms with Crippen molar-refractivity contribution in [2.45, 2.75) is 310 Å². The Balaban J connectivity index is 6.72. The molecule has 0 saturated heterocycles. The molecule has 0 aromatic carbocycles. The van der Waals surface area contributed by atoms with Crippen molar-refractivity contribution >= 4 is 23.6 Å². The molecule has 0 aliphatic rings. The van der Waals surface area contributed by atoms with Crippen LogP contribution in [-0.2, 0) is 23.9 Å². The maximum Gasteiger partial charge on any atom is 0.224 e. The smallest absolute Gasteiger partial charge is 0.224 e. The van der Waals surface area contributed by atoms with E-state index in [2.05, 4.69) is 62.8 Å². The maximum absolute atomic E-state index is 14.0. The first kappa shape index (κ1) is 58.8. The molecule has 61 heavy (non-hydrogen) atoms. The van der Waals surface area contributed by atoms with Crippen LogP contribution >= 0.6 is 0 Å². The number of unbranched alkanes of at least 4 members (excludes halogenated alkanes) is 28. The second-order valence-corrected chi connectivity index (χ2v) is 18.3. The summed E-state index contributed by atoms with van der Waals surface area (Å²) in [6, 6.07) is 0. The van der Waals surface area contributed by atoms with E-state index in [1.165, 1.54) is 103 Å². The molecule has 0 fully saturated rings. The van der Waals surface area contributed by atoms with Gasteiger partial charge in [0.2, 0.25) is 35.3 Å². The highest BCUT2D eigenvalue weighted by Gasteiger charge is 2.45. The number of ether oxygens (including phenoxy) is 1. The van der Waals surface area contributed by atoms with Crippen LogP contribution in [0.5, 0.6) is 0 Å². The first-order valence-electron chi connectivity index (χ1n) is 26.6. The maximum atomic E-state index is 14.0. The highest BCUT2D eigenvalue weighted by molar-refractivity contribution is 5.81. The molecular formula is C52H102N4O5. The fourth-order valence-electron chi connectivity index (χ4n) is 8.18. The SMILES string of the molecule is CCCCCCCCCC(=O)NC(CCCCC)(NC(=O)CCCCCCCCC)OC(CCCCC)(NC(=O)CCCCCCCCC)NC(=O)CCCCCCCCC. The summed E-state index contributed by atoms with van der Waals surface area (Å²) in [7, 11) is 0. The van der Waals surface area contributed by atoms with Crippen molar-refractivity contribution in [3.05, 3.63) is 0 Å². The number of amides is 4. The van der Waals surface area contributed by atoms with Crippen molar-refractivity contribution in [1.82, 2.24) is 21.3 Å². The van der Waals surface area contributed by atoms with Gasteiger partial charge in [-0.1, -0.05) is 221 Å². The van der Waals surface area contributed by atoms with Crippen LogP contribution in [0, 0.1) is 0 Å². The first-order valence-corrected chi connectivity index (χ1v) is 26.6. The molecule has 0 unspecified atom stereocenters. The van der Waals surface area contributed by atoms with Gasteiger partial charge in [-0.05, 0) is 38.5 Å². The van der Waals surface area contributed by atoms with Crippen LogP contribution in [0.4, 0.5) is 0 Å². The van der Waals surface area contributed by atoms with Crippen LogP contribution in [0.15, 0.2) is 0 Å². The third-order valence-electron chi connectivity index (χ3n) is 12.0. The van der Waals surface area contributed by atoms with Crippen molar-refractivity contribution in [2.75, 3.05) is 0 Å². The summed E-state index contributed by atoms with van der Waals surface area (Å²) in [6.45, 7) is 13.1. The normalized spacial score (nSPS) is 11.8. The molecule has 0 aliphatic heterocycles. The van der Waals surface area contributed by atoms with Crippen molar-refractivity contribution in [2.24, 2.45) is 0 Å². The second kappa shape index (κ2) is 41.8. The van der Waals surface area contributed by atoms with Crippen molar-refractivity contribution in [3.63, 3.8) is 0 Å². The Hall–Kier alpha value is -2.16. The van der Waals surface area contributed by atoms with E-state index in [0.29, 0.717) is 51.4 Å². The van der Waals surface area contributed by atoms with E-state index in [1.54, 1.807) is 0 Å². The van der Waals surface area contributed by atoms with E-state index in [-0.39, 0.29) is 23.6 Å². The van der Waals surface area contributed by atoms with Gasteiger partial charge < -0.3 is 21.3 Å². The predicted molar refractivity (Wildman–Crippen MR) is 258 cm³/mol. The fourth-order valence-corrected chi connectivity index (χ4v) is 8.18. The largest absolute Gasteiger partial charge is 0.311 e. The van der Waals surface area contributed by atoms with Gasteiger partial charge in [-0.15, -0.1) is 0 Å². The Morgan fingerprint density at radius 1 is 0.279 bits per heavy atom. The van der Waals surface area contributed by atoms with Gasteiger partial charge in [0.1, 0.15) is 0 Å². The Morgan fingerprint density at radius 3 is 0.672 bits per heavy atom. The van der Waals surface area contributed by atoms with Gasteiger partial charge in [0.15, 0.2) is 0 Å². The lowest BCUT2D eigenvalue weighted by atomic mass is 10.0. The average molecular weight is 863 g/mol. The quantitative estimate of drug-likeness (QED) is 0.0358. The molecule has 0 spiro atoms. The molecule has 0 rings (SSSR count). The van der Waals surface area contributed by atoms with E-state index >= 15 is 0 Å². The monoisotopic (exact) mass is 863 g/mol. The molecular weight excluding hydrogens is 761 g/mol. The molecule has 0 heterocycles. The van der Waals surface area contributed by atoms with E-state index in [1.807, 2.05) is 0 Å². The van der Waals surface area contributed by atoms with Gasteiger partial charge in [0.05, 0.1) is 0 Å². The summed E-state index contributed by atoms with van der Waals surface area (Å²) >= 11 is 0. The number of hydrogen-bond acceptors (Lipinski definition) is 5. The molecule has 4 amide bonds. The molecule has 360 valence electrons. The molecule has 0 aromatic heterocycles. The van der Waals surface area contributed by atoms with Gasteiger partial charge in [-0.2, -0.15) is 0 Å². The molecule has 9 heteroatoms. The van der Waals surface area contributed by atoms with Gasteiger partial charge in [0.25, 0.3) is 0 Å². The van der Waals surface area contributed by atoms with Gasteiger partial charge in [0, 0.05) is 38.5 Å². The zero-order valence-corrected chi connectivity index (χ0v) is 41.3. The summed E-state index contributed by atoms with van der Waals surface area (Å²) in [5.41, 5.74) is 0. The summed E-state index contributed by atoms with van der Waals surface area (Å²) in [6.07, 6.45) is 37.5. The van der Waals surface area contributed by atoms with Crippen molar-refractivity contribution in [3.8, 4) is 0 Å². The molecule has 4 N–H and O–H groups in total. The number of carbonyl (C=O) groups excluding carboxylic acids is 4. The average Bonchev–Trinajstić information content (AvgIpc) is 3.22. The number of hydrogen-bond donors (Lipinski definition) is 4. The van der Waals surface area contributed by atoms with Crippen LogP contribution in [0.3, 0.4) is 0 Å². The predicted octanol–water partition coefficient (Wildman–Crippen LogP) is 14.5. The Kier molecular flexibility index (Phi) is 40.3. The highest BCUT2D eigenvalue weighted by atomic mass is 16.6.